The van der Waals surface area contributed by atoms with E-state index in [4.69, 9.17) is 15.7 Å². The molecule has 2 heterocycles. The Morgan fingerprint density at radius 3 is 3.21 bits per heavy atom. The molecule has 2 aliphatic heterocycles. The van der Waals surface area contributed by atoms with Crippen molar-refractivity contribution in [3.63, 3.8) is 0 Å². The Hall–Kier alpha value is -1.15. The quantitative estimate of drug-likeness (QED) is 0.539. The standard InChI is InChI=1S/C12H14FN3O2S/c13-10-2-1-8(16-17)3-9(10)12-6-18-4-7(12)5-19-11(14)15-12/h1-3,7,16-17H,4-6H2,(H2,14,15)/p+1/t7?,12-/m0/s1. The monoisotopic (exact) mass is 284 g/mol. The van der Waals surface area contributed by atoms with E-state index in [1.807, 2.05) is 0 Å². The molecule has 0 radical (unpaired) electrons. The van der Waals surface area contributed by atoms with Gasteiger partial charge >= 0.3 is 0 Å². The van der Waals surface area contributed by atoms with Gasteiger partial charge in [-0.25, -0.2) is 14.6 Å². The van der Waals surface area contributed by atoms with Gasteiger partial charge in [0.25, 0.3) is 0 Å². The molecule has 1 saturated heterocycles. The van der Waals surface area contributed by atoms with Crippen molar-refractivity contribution in [2.75, 3.05) is 19.0 Å². The van der Waals surface area contributed by atoms with Crippen molar-refractivity contribution in [3.05, 3.63) is 29.6 Å². The van der Waals surface area contributed by atoms with Crippen molar-refractivity contribution in [1.29, 1.82) is 0 Å². The van der Waals surface area contributed by atoms with Gasteiger partial charge < -0.3 is 10.5 Å². The molecule has 0 saturated carbocycles. The van der Waals surface area contributed by atoms with Gasteiger partial charge in [0.15, 0.2) is 10.9 Å². The zero-order valence-electron chi connectivity index (χ0n) is 10.2. The van der Waals surface area contributed by atoms with E-state index >= 15 is 0 Å². The minimum atomic E-state index is -0.752. The van der Waals surface area contributed by atoms with Crippen LogP contribution in [-0.4, -0.2) is 29.3 Å². The molecule has 5 N–H and O–H groups in total. The molecule has 1 aromatic rings. The van der Waals surface area contributed by atoms with Gasteiger partial charge in [0.1, 0.15) is 11.4 Å². The molecule has 1 fully saturated rings. The topological polar surface area (TPSA) is 84.5 Å². The Kier molecular flexibility index (Phi) is 3.22. The zero-order valence-corrected chi connectivity index (χ0v) is 11.0. The molecule has 1 unspecified atom stereocenters. The zero-order chi connectivity index (χ0) is 13.5. The van der Waals surface area contributed by atoms with Gasteiger partial charge in [-0.3, -0.25) is 0 Å². The smallest absolute Gasteiger partial charge is 0.162 e. The second-order valence-corrected chi connectivity index (χ2v) is 5.81. The first-order valence-corrected chi connectivity index (χ1v) is 6.97. The number of fused-ring (bicyclic) bond motifs is 1. The van der Waals surface area contributed by atoms with E-state index < -0.39 is 5.54 Å². The average Bonchev–Trinajstić information content (AvgIpc) is 2.83. The highest BCUT2D eigenvalue weighted by Gasteiger charge is 2.49. The summed E-state index contributed by atoms with van der Waals surface area (Å²) in [4.78, 5) is 4.48. The lowest BCUT2D eigenvalue weighted by Gasteiger charge is -2.34. The van der Waals surface area contributed by atoms with E-state index in [0.717, 1.165) is 11.2 Å². The van der Waals surface area contributed by atoms with Crippen molar-refractivity contribution in [3.8, 4) is 0 Å². The lowest BCUT2D eigenvalue weighted by atomic mass is 9.81. The summed E-state index contributed by atoms with van der Waals surface area (Å²) in [7, 11) is 0. The van der Waals surface area contributed by atoms with Gasteiger partial charge in [-0.15, -0.1) is 0 Å². The molecule has 0 aliphatic carbocycles. The number of thioether (sulfide) groups is 1. The highest BCUT2D eigenvalue weighted by Crippen LogP contribution is 2.45. The normalized spacial score (nSPS) is 30.0. The number of quaternary nitrogens is 1. The fraction of sp³-hybridized carbons (Fsp3) is 0.417. The molecule has 0 aromatic heterocycles. The van der Waals surface area contributed by atoms with Gasteiger partial charge in [0.05, 0.1) is 13.2 Å². The van der Waals surface area contributed by atoms with Crippen LogP contribution in [0.5, 0.6) is 0 Å². The SMILES string of the molecule is NC1=N[C@@]2(c3cc([NH2+]O)ccc3F)COCC2CS1. The van der Waals surface area contributed by atoms with Crippen LogP contribution >= 0.6 is 11.8 Å². The van der Waals surface area contributed by atoms with Crippen molar-refractivity contribution < 1.29 is 19.8 Å². The molecule has 19 heavy (non-hydrogen) atoms. The highest BCUT2D eigenvalue weighted by molar-refractivity contribution is 8.13. The molecule has 0 bridgehead atoms. The van der Waals surface area contributed by atoms with E-state index in [2.05, 4.69) is 4.99 Å². The largest absolute Gasteiger partial charge is 0.379 e. The summed E-state index contributed by atoms with van der Waals surface area (Å²) in [5.41, 5.74) is 7.00. The van der Waals surface area contributed by atoms with Crippen LogP contribution in [-0.2, 0) is 10.3 Å². The first kappa shape index (κ1) is 12.9. The number of nitrogens with zero attached hydrogens (tertiary/aromatic N) is 1. The molecule has 3 rings (SSSR count). The van der Waals surface area contributed by atoms with Crippen LogP contribution in [0.15, 0.2) is 23.2 Å². The molecular weight excluding hydrogens is 269 g/mol. The molecule has 2 atom stereocenters. The summed E-state index contributed by atoms with van der Waals surface area (Å²) in [5, 5.41) is 9.56. The van der Waals surface area contributed by atoms with Crippen LogP contribution in [0.3, 0.4) is 0 Å². The molecule has 1 aromatic carbocycles. The molecule has 5 nitrogen and oxygen atoms in total. The molecular formula is C12H15FN3O2S+. The van der Waals surface area contributed by atoms with Crippen LogP contribution in [0.4, 0.5) is 10.1 Å². The maximum atomic E-state index is 14.2. The van der Waals surface area contributed by atoms with E-state index in [9.17, 15) is 4.39 Å². The predicted octanol–water partition coefficient (Wildman–Crippen LogP) is 0.313. The summed E-state index contributed by atoms with van der Waals surface area (Å²) in [6.45, 7) is 0.876. The van der Waals surface area contributed by atoms with Crippen molar-refractivity contribution in [1.82, 2.24) is 0 Å². The fourth-order valence-corrected chi connectivity index (χ4v) is 3.62. The Labute approximate surface area is 114 Å². The predicted molar refractivity (Wildman–Crippen MR) is 69.8 cm³/mol. The molecule has 7 heteroatoms. The van der Waals surface area contributed by atoms with Gasteiger partial charge in [-0.2, -0.15) is 5.48 Å². The summed E-state index contributed by atoms with van der Waals surface area (Å²) < 4.78 is 19.7. The number of amidine groups is 1. The number of hydrogen-bond donors (Lipinski definition) is 3. The maximum Gasteiger partial charge on any atom is 0.162 e. The number of benzene rings is 1. The third kappa shape index (κ3) is 2.02. The summed E-state index contributed by atoms with van der Waals surface area (Å²) in [6.07, 6.45) is 0. The van der Waals surface area contributed by atoms with Crippen LogP contribution in [0.25, 0.3) is 0 Å². The van der Waals surface area contributed by atoms with Crippen LogP contribution in [0.2, 0.25) is 0 Å². The van der Waals surface area contributed by atoms with Crippen LogP contribution in [0, 0.1) is 11.7 Å². The Morgan fingerprint density at radius 1 is 1.58 bits per heavy atom. The van der Waals surface area contributed by atoms with Crippen molar-refractivity contribution >= 4 is 22.6 Å². The molecule has 102 valence electrons. The third-order valence-corrected chi connectivity index (χ3v) is 4.62. The lowest BCUT2D eigenvalue weighted by molar-refractivity contribution is -0.825. The summed E-state index contributed by atoms with van der Waals surface area (Å²) >= 11 is 1.47. The summed E-state index contributed by atoms with van der Waals surface area (Å²) in [6, 6.07) is 4.48. The van der Waals surface area contributed by atoms with Crippen molar-refractivity contribution in [2.45, 2.75) is 5.54 Å². The van der Waals surface area contributed by atoms with Crippen LogP contribution in [0.1, 0.15) is 5.56 Å². The minimum Gasteiger partial charge on any atom is -0.379 e. The lowest BCUT2D eigenvalue weighted by Crippen LogP contribution is -2.73. The average molecular weight is 284 g/mol. The highest BCUT2D eigenvalue weighted by atomic mass is 32.2. The minimum absolute atomic E-state index is 0.105. The summed E-state index contributed by atoms with van der Waals surface area (Å²) in [5.74, 6) is 0.528. The first-order valence-electron chi connectivity index (χ1n) is 5.99. The van der Waals surface area contributed by atoms with E-state index in [-0.39, 0.29) is 11.7 Å². The molecule has 2 aliphatic rings. The van der Waals surface area contributed by atoms with Gasteiger partial charge in [0.2, 0.25) is 0 Å². The van der Waals surface area contributed by atoms with Gasteiger partial charge in [-0.1, -0.05) is 11.8 Å². The number of nitrogens with two attached hydrogens (primary N) is 2. The first-order chi connectivity index (χ1) is 9.15. The van der Waals surface area contributed by atoms with Gasteiger partial charge in [-0.05, 0) is 6.07 Å². The third-order valence-electron chi connectivity index (χ3n) is 3.66. The number of aliphatic imine (C=N–C) groups is 1. The number of rotatable bonds is 2. The van der Waals surface area contributed by atoms with Gasteiger partial charge in [0, 0.05) is 29.4 Å². The Bertz CT molecular complexity index is 540. The second-order valence-electron chi connectivity index (χ2n) is 4.77. The van der Waals surface area contributed by atoms with Crippen molar-refractivity contribution in [2.24, 2.45) is 16.6 Å². The van der Waals surface area contributed by atoms with Crippen LogP contribution < -0.4 is 11.2 Å². The molecule has 0 spiro atoms. The fourth-order valence-electron chi connectivity index (χ4n) is 2.65. The number of ether oxygens (including phenoxy) is 1. The molecule has 0 amide bonds. The second kappa shape index (κ2) is 4.75. The number of hydrogen-bond acceptors (Lipinski definition) is 5. The van der Waals surface area contributed by atoms with E-state index in [1.165, 1.54) is 23.9 Å². The Balaban J connectivity index is 2.15. The Morgan fingerprint density at radius 2 is 2.42 bits per heavy atom. The maximum absolute atomic E-state index is 14.2. The van der Waals surface area contributed by atoms with E-state index in [0.29, 0.717) is 29.6 Å². The number of halogens is 1. The van der Waals surface area contributed by atoms with E-state index in [1.54, 1.807) is 6.07 Å².